The molecule has 0 radical (unpaired) electrons. The number of aliphatic hydroxyl groups is 1. The van der Waals surface area contributed by atoms with Gasteiger partial charge in [-0.2, -0.15) is 4.31 Å². The summed E-state index contributed by atoms with van der Waals surface area (Å²) in [4.78, 5) is 6.64. The van der Waals surface area contributed by atoms with Gasteiger partial charge in [0.1, 0.15) is 5.82 Å². The van der Waals surface area contributed by atoms with Gasteiger partial charge in [-0.1, -0.05) is 6.42 Å². The van der Waals surface area contributed by atoms with E-state index < -0.39 is 10.0 Å². The molecule has 1 aromatic rings. The highest BCUT2D eigenvalue weighted by Gasteiger charge is 2.35. The van der Waals surface area contributed by atoms with Crippen molar-refractivity contribution in [3.8, 4) is 0 Å². The predicted octanol–water partition coefficient (Wildman–Crippen LogP) is 0.254. The van der Waals surface area contributed by atoms with E-state index in [0.29, 0.717) is 5.82 Å². The zero-order valence-electron chi connectivity index (χ0n) is 9.76. The maximum absolute atomic E-state index is 12.3. The Morgan fingerprint density at radius 3 is 2.71 bits per heavy atom. The molecule has 6 nitrogen and oxygen atoms in total. The molecule has 1 aliphatic rings. The van der Waals surface area contributed by atoms with Crippen LogP contribution in [0, 0.1) is 6.92 Å². The third-order valence-corrected chi connectivity index (χ3v) is 4.93. The molecule has 2 N–H and O–H groups in total. The molecule has 0 unspecified atom stereocenters. The van der Waals surface area contributed by atoms with Crippen LogP contribution < -0.4 is 0 Å². The second kappa shape index (κ2) is 4.75. The summed E-state index contributed by atoms with van der Waals surface area (Å²) >= 11 is 0. The monoisotopic (exact) mass is 259 g/mol. The number of aliphatic hydroxyl groups excluding tert-OH is 1. The van der Waals surface area contributed by atoms with Crippen molar-refractivity contribution in [2.24, 2.45) is 0 Å². The summed E-state index contributed by atoms with van der Waals surface area (Å²) in [6, 6.07) is 0.0238. The Labute approximate surface area is 101 Å². The third-order valence-electron chi connectivity index (χ3n) is 3.07. The molecule has 17 heavy (non-hydrogen) atoms. The van der Waals surface area contributed by atoms with Crippen LogP contribution in [0.3, 0.4) is 0 Å². The lowest BCUT2D eigenvalue weighted by Gasteiger charge is -2.35. The summed E-state index contributed by atoms with van der Waals surface area (Å²) in [6.07, 6.45) is 4.11. The van der Waals surface area contributed by atoms with Crippen LogP contribution in [0.25, 0.3) is 0 Å². The molecule has 0 bridgehead atoms. The molecule has 0 saturated heterocycles. The highest BCUT2D eigenvalue weighted by Crippen LogP contribution is 2.29. The zero-order valence-corrected chi connectivity index (χ0v) is 10.6. The number of nitrogens with one attached hydrogen (secondary N) is 1. The number of sulfonamides is 1. The van der Waals surface area contributed by atoms with Gasteiger partial charge in [0.15, 0.2) is 5.03 Å². The molecule has 96 valence electrons. The molecule has 0 spiro atoms. The van der Waals surface area contributed by atoms with Crippen LogP contribution in [0.1, 0.15) is 25.1 Å². The Morgan fingerprint density at radius 1 is 1.59 bits per heavy atom. The standard InChI is InChI=1S/C10H17N3O3S/c1-8-11-7-10(12-8)17(15,16)13(5-6-14)9-3-2-4-9/h7,9,14H,2-6H2,1H3,(H,11,12). The first kappa shape index (κ1) is 12.5. The van der Waals surface area contributed by atoms with E-state index in [1.807, 2.05) is 0 Å². The fourth-order valence-corrected chi connectivity index (χ4v) is 3.57. The quantitative estimate of drug-likeness (QED) is 0.794. The summed E-state index contributed by atoms with van der Waals surface area (Å²) in [6.45, 7) is 1.69. The summed E-state index contributed by atoms with van der Waals surface area (Å²) in [5.41, 5.74) is 0. The van der Waals surface area contributed by atoms with E-state index in [9.17, 15) is 8.42 Å². The zero-order chi connectivity index (χ0) is 12.5. The van der Waals surface area contributed by atoms with Gasteiger partial charge in [0.05, 0.1) is 12.8 Å². The first-order valence-electron chi connectivity index (χ1n) is 5.70. The van der Waals surface area contributed by atoms with Crippen molar-refractivity contribution >= 4 is 10.0 Å². The summed E-state index contributed by atoms with van der Waals surface area (Å²) in [5.74, 6) is 0.570. The molecule has 1 heterocycles. The summed E-state index contributed by atoms with van der Waals surface area (Å²) in [7, 11) is -3.55. The number of aryl methyl sites for hydroxylation is 1. The second-order valence-corrected chi connectivity index (χ2v) is 6.12. The Bertz CT molecular complexity index is 479. The number of imidazole rings is 1. The number of hydrogen-bond donors (Lipinski definition) is 2. The first-order valence-corrected chi connectivity index (χ1v) is 7.14. The fourth-order valence-electron chi connectivity index (χ4n) is 1.93. The molecule has 1 saturated carbocycles. The van der Waals surface area contributed by atoms with Crippen molar-refractivity contribution in [2.45, 2.75) is 37.3 Å². The van der Waals surface area contributed by atoms with E-state index in [-0.39, 0.29) is 24.2 Å². The van der Waals surface area contributed by atoms with E-state index in [4.69, 9.17) is 5.11 Å². The molecule has 1 fully saturated rings. The van der Waals surface area contributed by atoms with Gasteiger partial charge in [-0.3, -0.25) is 0 Å². The van der Waals surface area contributed by atoms with E-state index in [1.165, 1.54) is 10.5 Å². The van der Waals surface area contributed by atoms with Gasteiger partial charge in [-0.15, -0.1) is 0 Å². The molecular weight excluding hydrogens is 242 g/mol. The van der Waals surface area contributed by atoms with Crippen LogP contribution in [0.15, 0.2) is 11.2 Å². The largest absolute Gasteiger partial charge is 0.395 e. The first-order chi connectivity index (χ1) is 8.05. The van der Waals surface area contributed by atoms with Gasteiger partial charge in [-0.25, -0.2) is 13.4 Å². The smallest absolute Gasteiger partial charge is 0.260 e. The second-order valence-electron chi connectivity index (χ2n) is 4.26. The number of H-pyrrole nitrogens is 1. The maximum Gasteiger partial charge on any atom is 0.260 e. The molecule has 1 aromatic heterocycles. The minimum atomic E-state index is -3.55. The van der Waals surface area contributed by atoms with E-state index >= 15 is 0 Å². The van der Waals surface area contributed by atoms with Crippen LogP contribution in [-0.4, -0.2) is 47.0 Å². The minimum absolute atomic E-state index is 0.0238. The third kappa shape index (κ3) is 2.36. The van der Waals surface area contributed by atoms with Gasteiger partial charge in [-0.05, 0) is 19.8 Å². The normalized spacial score (nSPS) is 17.4. The molecule has 0 amide bonds. The molecule has 0 atom stereocenters. The predicted molar refractivity (Wildman–Crippen MR) is 61.9 cm³/mol. The van der Waals surface area contributed by atoms with Crippen LogP contribution in [0.2, 0.25) is 0 Å². The van der Waals surface area contributed by atoms with Gasteiger partial charge in [0.2, 0.25) is 0 Å². The lowest BCUT2D eigenvalue weighted by molar-refractivity contribution is 0.178. The Kier molecular flexibility index (Phi) is 3.50. The highest BCUT2D eigenvalue weighted by molar-refractivity contribution is 7.89. The molecule has 0 aliphatic heterocycles. The van der Waals surface area contributed by atoms with Crippen molar-refractivity contribution < 1.29 is 13.5 Å². The lowest BCUT2D eigenvalue weighted by atomic mass is 9.93. The van der Waals surface area contributed by atoms with Gasteiger partial charge < -0.3 is 10.1 Å². The topological polar surface area (TPSA) is 86.3 Å². The SMILES string of the molecule is Cc1ncc(S(=O)(=O)N(CCO)C2CCC2)[nH]1. The lowest BCUT2D eigenvalue weighted by Crippen LogP contribution is -2.45. The Balaban J connectivity index is 2.27. The van der Waals surface area contributed by atoms with Crippen molar-refractivity contribution in [2.75, 3.05) is 13.2 Å². The van der Waals surface area contributed by atoms with Crippen molar-refractivity contribution in [3.63, 3.8) is 0 Å². The number of hydrogen-bond acceptors (Lipinski definition) is 4. The molecule has 7 heteroatoms. The number of aromatic amines is 1. The van der Waals surface area contributed by atoms with Crippen LogP contribution in [0.4, 0.5) is 0 Å². The van der Waals surface area contributed by atoms with E-state index in [2.05, 4.69) is 9.97 Å². The average molecular weight is 259 g/mol. The van der Waals surface area contributed by atoms with Crippen molar-refractivity contribution in [1.82, 2.24) is 14.3 Å². The number of rotatable bonds is 5. The Morgan fingerprint density at radius 2 is 2.29 bits per heavy atom. The number of nitrogens with zero attached hydrogens (tertiary/aromatic N) is 2. The molecule has 1 aliphatic carbocycles. The summed E-state index contributed by atoms with van der Waals surface area (Å²) in [5, 5.41) is 9.10. The summed E-state index contributed by atoms with van der Waals surface area (Å²) < 4.78 is 26.0. The van der Waals surface area contributed by atoms with Crippen LogP contribution >= 0.6 is 0 Å². The molecule has 2 rings (SSSR count). The fraction of sp³-hybridized carbons (Fsp3) is 0.700. The average Bonchev–Trinajstić information content (AvgIpc) is 2.62. The molecule has 0 aromatic carbocycles. The molecular formula is C10H17N3O3S. The Hall–Kier alpha value is -0.920. The van der Waals surface area contributed by atoms with Crippen molar-refractivity contribution in [1.29, 1.82) is 0 Å². The van der Waals surface area contributed by atoms with Gasteiger partial charge in [0, 0.05) is 12.6 Å². The van der Waals surface area contributed by atoms with E-state index in [0.717, 1.165) is 19.3 Å². The maximum atomic E-state index is 12.3. The van der Waals surface area contributed by atoms with Crippen LogP contribution in [0.5, 0.6) is 0 Å². The minimum Gasteiger partial charge on any atom is -0.395 e. The van der Waals surface area contributed by atoms with Crippen LogP contribution in [-0.2, 0) is 10.0 Å². The van der Waals surface area contributed by atoms with Gasteiger partial charge in [0.25, 0.3) is 10.0 Å². The number of aromatic nitrogens is 2. The highest BCUT2D eigenvalue weighted by atomic mass is 32.2. The van der Waals surface area contributed by atoms with Crippen molar-refractivity contribution in [3.05, 3.63) is 12.0 Å². The van der Waals surface area contributed by atoms with Gasteiger partial charge >= 0.3 is 0 Å². The van der Waals surface area contributed by atoms with E-state index in [1.54, 1.807) is 6.92 Å².